The molecule has 1 fully saturated rings. The number of likely N-dealkylation sites (N-methyl/N-ethyl adjacent to an activating group) is 1. The highest BCUT2D eigenvalue weighted by atomic mass is 19.1. The van der Waals surface area contributed by atoms with Gasteiger partial charge in [0.2, 0.25) is 0 Å². The van der Waals surface area contributed by atoms with Gasteiger partial charge < -0.3 is 10.2 Å². The van der Waals surface area contributed by atoms with Crippen LogP contribution in [-0.4, -0.2) is 25.7 Å². The van der Waals surface area contributed by atoms with Crippen LogP contribution in [0.4, 0.5) is 10.1 Å². The maximum absolute atomic E-state index is 12.8. The summed E-state index contributed by atoms with van der Waals surface area (Å²) in [5.41, 5.74) is 1.26. The van der Waals surface area contributed by atoms with Crippen LogP contribution in [0.3, 0.4) is 0 Å². The zero-order chi connectivity index (χ0) is 11.6. The normalized spacial score (nSPS) is 24.7. The highest BCUT2D eigenvalue weighted by Gasteiger charge is 2.29. The van der Waals surface area contributed by atoms with E-state index in [0.717, 1.165) is 18.8 Å². The number of halogens is 1. The van der Waals surface area contributed by atoms with Gasteiger partial charge in [-0.15, -0.1) is 0 Å². The van der Waals surface area contributed by atoms with Crippen LogP contribution in [0, 0.1) is 5.82 Å². The van der Waals surface area contributed by atoms with E-state index in [4.69, 9.17) is 0 Å². The Morgan fingerprint density at radius 2 is 2.06 bits per heavy atom. The number of hydrogen-bond acceptors (Lipinski definition) is 2. The molecule has 0 bridgehead atoms. The molecule has 2 rings (SSSR count). The van der Waals surface area contributed by atoms with E-state index in [-0.39, 0.29) is 11.4 Å². The molecule has 0 radical (unpaired) electrons. The number of hydrogen-bond donors (Lipinski definition) is 1. The van der Waals surface area contributed by atoms with Crippen molar-refractivity contribution in [2.45, 2.75) is 25.3 Å². The minimum Gasteiger partial charge on any atom is -0.373 e. The molecule has 2 nitrogen and oxygen atoms in total. The number of anilines is 1. The average Bonchev–Trinajstić information content (AvgIpc) is 2.65. The van der Waals surface area contributed by atoms with Gasteiger partial charge in [-0.2, -0.15) is 0 Å². The van der Waals surface area contributed by atoms with E-state index in [1.165, 1.54) is 25.0 Å². The van der Waals surface area contributed by atoms with Crippen LogP contribution in [0.5, 0.6) is 0 Å². The molecule has 1 aliphatic rings. The van der Waals surface area contributed by atoms with Gasteiger partial charge in [0.1, 0.15) is 5.82 Å². The molecule has 1 aromatic rings. The summed E-state index contributed by atoms with van der Waals surface area (Å²) in [7, 11) is 2.05. The summed E-state index contributed by atoms with van der Waals surface area (Å²) in [6.45, 7) is 4.31. The quantitative estimate of drug-likeness (QED) is 0.845. The Morgan fingerprint density at radius 1 is 1.38 bits per heavy atom. The van der Waals surface area contributed by atoms with Crippen molar-refractivity contribution in [3.63, 3.8) is 0 Å². The van der Waals surface area contributed by atoms with Crippen LogP contribution < -0.4 is 10.2 Å². The molecule has 0 saturated carbocycles. The minimum atomic E-state index is -0.178. The zero-order valence-electron chi connectivity index (χ0n) is 9.96. The van der Waals surface area contributed by atoms with Crippen molar-refractivity contribution in [2.24, 2.45) is 0 Å². The first-order valence-electron chi connectivity index (χ1n) is 5.81. The van der Waals surface area contributed by atoms with Gasteiger partial charge in [-0.05, 0) is 50.6 Å². The van der Waals surface area contributed by atoms with Crippen molar-refractivity contribution in [3.8, 4) is 0 Å². The molecule has 0 amide bonds. The molecule has 88 valence electrons. The summed E-state index contributed by atoms with van der Waals surface area (Å²) < 4.78 is 12.8. The van der Waals surface area contributed by atoms with E-state index in [9.17, 15) is 4.39 Å². The number of benzene rings is 1. The number of nitrogens with one attached hydrogen (secondary N) is 1. The van der Waals surface area contributed by atoms with Gasteiger partial charge in [-0.3, -0.25) is 0 Å². The van der Waals surface area contributed by atoms with Gasteiger partial charge >= 0.3 is 0 Å². The third-order valence-corrected chi connectivity index (χ3v) is 3.31. The molecule has 16 heavy (non-hydrogen) atoms. The van der Waals surface area contributed by atoms with E-state index in [2.05, 4.69) is 24.2 Å². The Labute approximate surface area is 96.5 Å². The fourth-order valence-corrected chi connectivity index (χ4v) is 2.40. The first kappa shape index (κ1) is 11.4. The molecule has 1 aromatic carbocycles. The highest BCUT2D eigenvalue weighted by Crippen LogP contribution is 2.22. The lowest BCUT2D eigenvalue weighted by atomic mass is 9.99. The van der Waals surface area contributed by atoms with Crippen LogP contribution >= 0.6 is 0 Å². The molecule has 0 aromatic heterocycles. The van der Waals surface area contributed by atoms with Crippen molar-refractivity contribution in [1.29, 1.82) is 0 Å². The lowest BCUT2D eigenvalue weighted by Crippen LogP contribution is -2.46. The van der Waals surface area contributed by atoms with Crippen LogP contribution in [-0.2, 0) is 0 Å². The van der Waals surface area contributed by atoms with Crippen LogP contribution in [0.15, 0.2) is 24.3 Å². The molecule has 1 N–H and O–H groups in total. The molecule has 0 aliphatic carbocycles. The highest BCUT2D eigenvalue weighted by molar-refractivity contribution is 5.45. The minimum absolute atomic E-state index is 0.178. The second kappa shape index (κ2) is 4.42. The largest absolute Gasteiger partial charge is 0.373 e. The fourth-order valence-electron chi connectivity index (χ4n) is 2.40. The van der Waals surface area contributed by atoms with E-state index in [1.807, 2.05) is 12.1 Å². The Bertz CT molecular complexity index is 341. The third-order valence-electron chi connectivity index (χ3n) is 3.31. The van der Waals surface area contributed by atoms with Crippen molar-refractivity contribution < 1.29 is 4.39 Å². The molecule has 1 atom stereocenters. The summed E-state index contributed by atoms with van der Waals surface area (Å²) >= 11 is 0. The molecule has 1 saturated heterocycles. The van der Waals surface area contributed by atoms with E-state index in [1.54, 1.807) is 0 Å². The molecule has 3 heteroatoms. The Morgan fingerprint density at radius 3 is 2.62 bits per heavy atom. The average molecular weight is 222 g/mol. The van der Waals surface area contributed by atoms with Crippen molar-refractivity contribution >= 4 is 5.69 Å². The van der Waals surface area contributed by atoms with Crippen LogP contribution in [0.25, 0.3) is 0 Å². The molecular weight excluding hydrogens is 203 g/mol. The summed E-state index contributed by atoms with van der Waals surface area (Å²) in [6.07, 6.45) is 2.45. The summed E-state index contributed by atoms with van der Waals surface area (Å²) in [5, 5.41) is 3.53. The fraction of sp³-hybridized carbons (Fsp3) is 0.538. The van der Waals surface area contributed by atoms with Gasteiger partial charge in [0.15, 0.2) is 0 Å². The molecule has 0 spiro atoms. The van der Waals surface area contributed by atoms with E-state index < -0.39 is 0 Å². The van der Waals surface area contributed by atoms with E-state index in [0.29, 0.717) is 0 Å². The van der Waals surface area contributed by atoms with E-state index >= 15 is 0 Å². The Balaban J connectivity index is 2.02. The summed E-state index contributed by atoms with van der Waals surface area (Å²) in [4.78, 5) is 2.18. The molecule has 1 heterocycles. The standard InChI is InChI=1S/C13H19FN2/c1-13(8-3-9-15-13)10-16(2)12-6-4-11(14)5-7-12/h4-7,15H,3,8-10H2,1-2H3. The SMILES string of the molecule is CN(CC1(C)CCCN1)c1ccc(F)cc1. The predicted molar refractivity (Wildman–Crippen MR) is 65.3 cm³/mol. The lowest BCUT2D eigenvalue weighted by molar-refractivity contribution is 0.419. The van der Waals surface area contributed by atoms with Crippen LogP contribution in [0.1, 0.15) is 19.8 Å². The van der Waals surface area contributed by atoms with Gasteiger partial charge in [0.05, 0.1) is 0 Å². The summed E-state index contributed by atoms with van der Waals surface area (Å²) in [5.74, 6) is -0.178. The zero-order valence-corrected chi connectivity index (χ0v) is 9.96. The van der Waals surface area contributed by atoms with Gasteiger partial charge in [-0.25, -0.2) is 4.39 Å². The number of rotatable bonds is 3. The maximum atomic E-state index is 12.8. The maximum Gasteiger partial charge on any atom is 0.123 e. The molecular formula is C13H19FN2. The topological polar surface area (TPSA) is 15.3 Å². The second-order valence-electron chi connectivity index (χ2n) is 4.92. The van der Waals surface area contributed by atoms with Crippen molar-refractivity contribution in [2.75, 3.05) is 25.0 Å². The third kappa shape index (κ3) is 2.53. The smallest absolute Gasteiger partial charge is 0.123 e. The van der Waals surface area contributed by atoms with Gasteiger partial charge in [0.25, 0.3) is 0 Å². The second-order valence-corrected chi connectivity index (χ2v) is 4.92. The monoisotopic (exact) mass is 222 g/mol. The van der Waals surface area contributed by atoms with Crippen molar-refractivity contribution in [3.05, 3.63) is 30.1 Å². The molecule has 1 unspecified atom stereocenters. The Kier molecular flexibility index (Phi) is 3.15. The predicted octanol–water partition coefficient (Wildman–Crippen LogP) is 2.40. The van der Waals surface area contributed by atoms with Crippen molar-refractivity contribution in [1.82, 2.24) is 5.32 Å². The summed E-state index contributed by atoms with van der Waals surface area (Å²) in [6, 6.07) is 6.67. The van der Waals surface area contributed by atoms with Gasteiger partial charge in [-0.1, -0.05) is 0 Å². The first-order chi connectivity index (χ1) is 7.59. The van der Waals surface area contributed by atoms with Crippen LogP contribution in [0.2, 0.25) is 0 Å². The number of nitrogens with zero attached hydrogens (tertiary/aromatic N) is 1. The van der Waals surface area contributed by atoms with Gasteiger partial charge in [0, 0.05) is 24.8 Å². The lowest BCUT2D eigenvalue weighted by Gasteiger charge is -2.31. The molecule has 1 aliphatic heterocycles. The first-order valence-corrected chi connectivity index (χ1v) is 5.81. The Hall–Kier alpha value is -1.09.